The van der Waals surface area contributed by atoms with Crippen LogP contribution in [0.2, 0.25) is 10.2 Å². The van der Waals surface area contributed by atoms with Gasteiger partial charge in [-0.25, -0.2) is 4.39 Å². The van der Waals surface area contributed by atoms with E-state index in [9.17, 15) is 14.0 Å². The average Bonchev–Trinajstić information content (AvgIpc) is 3.17. The molecule has 9 heteroatoms. The third-order valence-electron chi connectivity index (χ3n) is 7.09. The molecule has 0 radical (unpaired) electrons. The smallest absolute Gasteiger partial charge is 0.272 e. The first-order chi connectivity index (χ1) is 16.4. The summed E-state index contributed by atoms with van der Waals surface area (Å²) in [6.07, 6.45) is 7.56. The Morgan fingerprint density at radius 3 is 2.53 bits per heavy atom. The van der Waals surface area contributed by atoms with E-state index in [1.807, 2.05) is 0 Å². The van der Waals surface area contributed by atoms with E-state index in [2.05, 4.69) is 9.88 Å². The highest BCUT2D eigenvalue weighted by Crippen LogP contribution is 2.27. The molecule has 6 nitrogen and oxygen atoms in total. The van der Waals surface area contributed by atoms with Crippen molar-refractivity contribution in [3.05, 3.63) is 73.6 Å². The predicted molar refractivity (Wildman–Crippen MR) is 132 cm³/mol. The van der Waals surface area contributed by atoms with Crippen molar-refractivity contribution in [1.82, 2.24) is 19.2 Å². The Kier molecular flexibility index (Phi) is 6.69. The van der Waals surface area contributed by atoms with Gasteiger partial charge in [-0.3, -0.25) is 14.0 Å². The SMILES string of the molecule is O=C(c1cc(Cc2c[nH]c(=O)c3cc(Cl)c(Cl)n23)ccc1F)N1CCC(N2CCCCC2)CC1. The van der Waals surface area contributed by atoms with Gasteiger partial charge < -0.3 is 14.8 Å². The second-order valence-corrected chi connectivity index (χ2v) is 9.99. The monoisotopic (exact) mass is 504 g/mol. The number of hydrogen-bond donors (Lipinski definition) is 1. The summed E-state index contributed by atoms with van der Waals surface area (Å²) in [5, 5.41) is 0.523. The molecule has 0 saturated carbocycles. The van der Waals surface area contributed by atoms with Crippen LogP contribution in [-0.2, 0) is 6.42 Å². The van der Waals surface area contributed by atoms with Crippen molar-refractivity contribution in [2.75, 3.05) is 26.2 Å². The molecule has 1 aromatic carbocycles. The highest BCUT2D eigenvalue weighted by atomic mass is 35.5. The number of halogens is 3. The molecule has 0 bridgehead atoms. The summed E-state index contributed by atoms with van der Waals surface area (Å²) in [6, 6.07) is 6.60. The standard InChI is InChI=1S/C25H27Cl2FN4O2/c26-20-14-22-24(33)29-15-18(32(22)23(20)27)12-16-4-5-21(28)19(13-16)25(34)31-10-6-17(7-11-31)30-8-2-1-3-9-30/h4-5,13-15,17H,1-3,6-12H2,(H,29,33). The average molecular weight is 505 g/mol. The van der Waals surface area contributed by atoms with Crippen molar-refractivity contribution in [3.63, 3.8) is 0 Å². The molecule has 2 fully saturated rings. The number of nitrogens with one attached hydrogen (secondary N) is 1. The van der Waals surface area contributed by atoms with E-state index in [1.165, 1.54) is 31.4 Å². The minimum absolute atomic E-state index is 0.0752. The van der Waals surface area contributed by atoms with Gasteiger partial charge in [0.15, 0.2) is 0 Å². The lowest BCUT2D eigenvalue weighted by atomic mass is 9.98. The minimum Gasteiger partial charge on any atom is -0.338 e. The Balaban J connectivity index is 1.34. The van der Waals surface area contributed by atoms with E-state index in [0.717, 1.165) is 31.5 Å². The van der Waals surface area contributed by atoms with Gasteiger partial charge in [0.05, 0.1) is 10.6 Å². The number of benzene rings is 1. The highest BCUT2D eigenvalue weighted by molar-refractivity contribution is 6.42. The van der Waals surface area contributed by atoms with E-state index in [4.69, 9.17) is 23.2 Å². The third-order valence-corrected chi connectivity index (χ3v) is 7.85. The number of rotatable bonds is 4. The molecule has 1 N–H and O–H groups in total. The fraction of sp³-hybridized carbons (Fsp3) is 0.440. The summed E-state index contributed by atoms with van der Waals surface area (Å²) < 4.78 is 16.3. The van der Waals surface area contributed by atoms with Crippen LogP contribution in [0.4, 0.5) is 4.39 Å². The van der Waals surface area contributed by atoms with Crippen LogP contribution < -0.4 is 5.56 Å². The first kappa shape index (κ1) is 23.4. The lowest BCUT2D eigenvalue weighted by molar-refractivity contribution is 0.0586. The number of hydrogen-bond acceptors (Lipinski definition) is 3. The molecule has 2 saturated heterocycles. The van der Waals surface area contributed by atoms with Crippen LogP contribution >= 0.6 is 23.2 Å². The molecule has 0 aliphatic carbocycles. The molecular weight excluding hydrogens is 478 g/mol. The molecule has 4 heterocycles. The van der Waals surface area contributed by atoms with Crippen LogP contribution in [-0.4, -0.2) is 57.3 Å². The fourth-order valence-corrected chi connectivity index (χ4v) is 5.71. The van der Waals surface area contributed by atoms with Crippen molar-refractivity contribution in [2.45, 2.75) is 44.6 Å². The highest BCUT2D eigenvalue weighted by Gasteiger charge is 2.29. The molecule has 2 aromatic heterocycles. The molecule has 3 aromatic rings. The van der Waals surface area contributed by atoms with Gasteiger partial charge in [-0.1, -0.05) is 35.7 Å². The van der Waals surface area contributed by atoms with Crippen LogP contribution in [0.25, 0.3) is 5.52 Å². The van der Waals surface area contributed by atoms with Gasteiger partial charge in [0, 0.05) is 37.4 Å². The summed E-state index contributed by atoms with van der Waals surface area (Å²) in [6.45, 7) is 3.57. The molecule has 2 aliphatic rings. The van der Waals surface area contributed by atoms with Crippen LogP contribution in [0.3, 0.4) is 0 Å². The van der Waals surface area contributed by atoms with Crippen LogP contribution in [0, 0.1) is 5.82 Å². The Hall–Kier alpha value is -2.35. The molecule has 0 atom stereocenters. The zero-order valence-electron chi connectivity index (χ0n) is 18.8. The van der Waals surface area contributed by atoms with Gasteiger partial charge in [0.1, 0.15) is 16.5 Å². The van der Waals surface area contributed by atoms with Crippen molar-refractivity contribution in [1.29, 1.82) is 0 Å². The molecule has 0 spiro atoms. The van der Waals surface area contributed by atoms with E-state index in [1.54, 1.807) is 27.6 Å². The summed E-state index contributed by atoms with van der Waals surface area (Å²) >= 11 is 12.4. The number of likely N-dealkylation sites (tertiary alicyclic amines) is 2. The van der Waals surface area contributed by atoms with Crippen molar-refractivity contribution >= 4 is 34.6 Å². The largest absolute Gasteiger partial charge is 0.338 e. The Labute approximate surface area is 207 Å². The Bertz CT molecular complexity index is 1270. The van der Waals surface area contributed by atoms with Crippen molar-refractivity contribution < 1.29 is 9.18 Å². The molecule has 34 heavy (non-hydrogen) atoms. The van der Waals surface area contributed by atoms with E-state index < -0.39 is 5.82 Å². The second-order valence-electron chi connectivity index (χ2n) is 9.22. The second kappa shape index (κ2) is 9.72. The summed E-state index contributed by atoms with van der Waals surface area (Å²) in [7, 11) is 0. The zero-order chi connectivity index (χ0) is 23.8. The number of carbonyl (C=O) groups excluding carboxylic acids is 1. The maximum atomic E-state index is 14.7. The number of H-pyrrole nitrogens is 1. The van der Waals surface area contributed by atoms with Gasteiger partial charge in [0.25, 0.3) is 11.5 Å². The quantitative estimate of drug-likeness (QED) is 0.557. The Morgan fingerprint density at radius 2 is 1.79 bits per heavy atom. The summed E-state index contributed by atoms with van der Waals surface area (Å²) in [5.41, 5.74) is 1.52. The van der Waals surface area contributed by atoms with Gasteiger partial charge in [-0.15, -0.1) is 0 Å². The first-order valence-corrected chi connectivity index (χ1v) is 12.6. The van der Waals surface area contributed by atoms with Gasteiger partial charge in [-0.2, -0.15) is 0 Å². The minimum atomic E-state index is -0.527. The fourth-order valence-electron chi connectivity index (χ4n) is 5.27. The van der Waals surface area contributed by atoms with E-state index in [0.29, 0.717) is 36.8 Å². The van der Waals surface area contributed by atoms with Gasteiger partial charge in [-0.05, 0) is 62.5 Å². The third kappa shape index (κ3) is 4.49. The maximum Gasteiger partial charge on any atom is 0.272 e. The number of piperidine rings is 2. The number of amides is 1. The summed E-state index contributed by atoms with van der Waals surface area (Å²) in [5.74, 6) is -0.800. The van der Waals surface area contributed by atoms with Crippen molar-refractivity contribution in [2.24, 2.45) is 0 Å². The molecule has 1 amide bonds. The first-order valence-electron chi connectivity index (χ1n) is 11.8. The van der Waals surface area contributed by atoms with Crippen molar-refractivity contribution in [3.8, 4) is 0 Å². The molecule has 5 rings (SSSR count). The topological polar surface area (TPSA) is 60.8 Å². The lowest BCUT2D eigenvalue weighted by Crippen LogP contribution is -2.48. The van der Waals surface area contributed by atoms with E-state index in [-0.39, 0.29) is 27.2 Å². The van der Waals surface area contributed by atoms with Gasteiger partial charge >= 0.3 is 0 Å². The van der Waals surface area contributed by atoms with Crippen LogP contribution in [0.1, 0.15) is 53.7 Å². The van der Waals surface area contributed by atoms with Gasteiger partial charge in [0.2, 0.25) is 0 Å². The van der Waals surface area contributed by atoms with E-state index >= 15 is 0 Å². The van der Waals surface area contributed by atoms with Crippen LogP contribution in [0.15, 0.2) is 35.3 Å². The molecule has 180 valence electrons. The number of carbonyl (C=O) groups is 1. The number of aromatic nitrogens is 2. The normalized spacial score (nSPS) is 18.0. The number of aromatic amines is 1. The molecular formula is C25H27Cl2FN4O2. The zero-order valence-corrected chi connectivity index (χ0v) is 20.3. The lowest BCUT2D eigenvalue weighted by Gasteiger charge is -2.40. The molecule has 2 aliphatic heterocycles. The van der Waals surface area contributed by atoms with Crippen LogP contribution in [0.5, 0.6) is 0 Å². The Morgan fingerprint density at radius 1 is 1.06 bits per heavy atom. The molecule has 0 unspecified atom stereocenters. The summed E-state index contributed by atoms with van der Waals surface area (Å²) in [4.78, 5) is 32.4. The number of nitrogens with zero attached hydrogens (tertiary/aromatic N) is 3. The predicted octanol–water partition coefficient (Wildman–Crippen LogP) is 4.75. The maximum absolute atomic E-state index is 14.7. The number of fused-ring (bicyclic) bond motifs is 1.